The van der Waals surface area contributed by atoms with Gasteiger partial charge in [0.15, 0.2) is 5.52 Å². The minimum absolute atomic E-state index is 0.0754. The number of non-ortho nitro benzene ring substituents is 1. The van der Waals surface area contributed by atoms with E-state index in [1.54, 1.807) is 11.6 Å². The average molecular weight is 565 g/mol. The van der Waals surface area contributed by atoms with Crippen LogP contribution in [0.4, 0.5) is 11.4 Å². The maximum Gasteiger partial charge on any atom is 0.300 e. The summed E-state index contributed by atoms with van der Waals surface area (Å²) in [5.74, 6) is 3.95. The van der Waals surface area contributed by atoms with Gasteiger partial charge in [0.25, 0.3) is 0 Å². The third-order valence-electron chi connectivity index (χ3n) is 12.7. The second-order valence-electron chi connectivity index (χ2n) is 14.6. The summed E-state index contributed by atoms with van der Waals surface area (Å²) < 4.78 is 4.87. The van der Waals surface area contributed by atoms with Gasteiger partial charge < -0.3 is 10.0 Å². The van der Waals surface area contributed by atoms with E-state index in [2.05, 4.69) is 49.0 Å². The minimum Gasteiger partial charge on any atom is -0.393 e. The molecule has 3 fully saturated rings. The van der Waals surface area contributed by atoms with Crippen molar-refractivity contribution in [3.63, 3.8) is 0 Å². The van der Waals surface area contributed by atoms with E-state index < -0.39 is 4.92 Å². The lowest BCUT2D eigenvalue weighted by Crippen LogP contribution is -2.50. The lowest BCUT2D eigenvalue weighted by Gasteiger charge is -2.58. The standard InChI is InChI=1S/C33H48N4O4/c1-20(7-6-8-21(2)36(5)28-13-14-29(37(39)40)31-30(28)34-41-35-31)25-11-12-26-24-10-9-22-19-23(38)15-17-32(22,3)27(24)16-18-33(25,26)4/h9,13-14,20-21,23-27,38H,6-8,10-12,15-19H2,1-5H3/t20-,21?,23+,24+,25+,26+,27+,32+,33-/m1/s1. The number of anilines is 1. The Kier molecular flexibility index (Phi) is 7.44. The van der Waals surface area contributed by atoms with Gasteiger partial charge in [-0.15, -0.1) is 0 Å². The van der Waals surface area contributed by atoms with E-state index in [4.69, 9.17) is 4.63 Å². The van der Waals surface area contributed by atoms with Crippen molar-refractivity contribution in [1.82, 2.24) is 10.3 Å². The summed E-state index contributed by atoms with van der Waals surface area (Å²) in [5.41, 5.74) is 3.73. The molecule has 1 unspecified atom stereocenters. The number of hydrogen-bond donors (Lipinski definition) is 1. The molecular formula is C33H48N4O4. The molecule has 1 heterocycles. The van der Waals surface area contributed by atoms with Gasteiger partial charge in [-0.2, -0.15) is 0 Å². The zero-order valence-corrected chi connectivity index (χ0v) is 25.5. The number of hydrogen-bond acceptors (Lipinski definition) is 7. The molecule has 1 aromatic carbocycles. The van der Waals surface area contributed by atoms with E-state index in [1.165, 1.54) is 44.6 Å². The van der Waals surface area contributed by atoms with Gasteiger partial charge in [0.05, 0.1) is 16.7 Å². The van der Waals surface area contributed by atoms with Crippen molar-refractivity contribution >= 4 is 22.4 Å². The monoisotopic (exact) mass is 564 g/mol. The third-order valence-corrected chi connectivity index (χ3v) is 12.7. The van der Waals surface area contributed by atoms with Crippen molar-refractivity contribution < 1.29 is 14.7 Å². The highest BCUT2D eigenvalue weighted by molar-refractivity contribution is 5.93. The lowest BCUT2D eigenvalue weighted by molar-refractivity contribution is -0.383. The van der Waals surface area contributed by atoms with Gasteiger partial charge in [-0.25, -0.2) is 4.63 Å². The second kappa shape index (κ2) is 10.7. The van der Waals surface area contributed by atoms with Crippen LogP contribution in [0, 0.1) is 50.5 Å². The lowest BCUT2D eigenvalue weighted by atomic mass is 9.47. The van der Waals surface area contributed by atoms with Crippen molar-refractivity contribution in [2.24, 2.45) is 40.4 Å². The number of fused-ring (bicyclic) bond motifs is 6. The van der Waals surface area contributed by atoms with Gasteiger partial charge >= 0.3 is 5.69 Å². The Bertz CT molecular complexity index is 1320. The molecule has 0 amide bonds. The number of allylic oxidation sites excluding steroid dienone is 1. The average Bonchev–Trinajstić information content (AvgIpc) is 3.57. The van der Waals surface area contributed by atoms with Crippen LogP contribution in [-0.4, -0.2) is 39.5 Å². The highest BCUT2D eigenvalue weighted by Gasteiger charge is 2.59. The molecule has 41 heavy (non-hydrogen) atoms. The van der Waals surface area contributed by atoms with Crippen LogP contribution in [0.5, 0.6) is 0 Å². The summed E-state index contributed by atoms with van der Waals surface area (Å²) in [6.07, 6.45) is 15.6. The largest absolute Gasteiger partial charge is 0.393 e. The summed E-state index contributed by atoms with van der Waals surface area (Å²) in [5, 5.41) is 29.5. The fourth-order valence-electron chi connectivity index (χ4n) is 10.3. The number of aromatic nitrogens is 2. The quantitative estimate of drug-likeness (QED) is 0.199. The van der Waals surface area contributed by atoms with Gasteiger partial charge in [0, 0.05) is 19.2 Å². The van der Waals surface area contributed by atoms with Crippen LogP contribution >= 0.6 is 0 Å². The highest BCUT2D eigenvalue weighted by atomic mass is 16.6. The Labute approximate surface area is 244 Å². The van der Waals surface area contributed by atoms with Crippen LogP contribution in [0.2, 0.25) is 0 Å². The van der Waals surface area contributed by atoms with Crippen molar-refractivity contribution in [2.75, 3.05) is 11.9 Å². The predicted octanol–water partition coefficient (Wildman–Crippen LogP) is 7.70. The van der Waals surface area contributed by atoms with Crippen LogP contribution in [0.3, 0.4) is 0 Å². The van der Waals surface area contributed by atoms with Crippen molar-refractivity contribution in [1.29, 1.82) is 0 Å². The van der Waals surface area contributed by atoms with Gasteiger partial charge in [-0.1, -0.05) is 45.3 Å². The topological polar surface area (TPSA) is 106 Å². The maximum absolute atomic E-state index is 11.4. The Balaban J connectivity index is 1.07. The zero-order chi connectivity index (χ0) is 29.1. The zero-order valence-electron chi connectivity index (χ0n) is 25.5. The summed E-state index contributed by atoms with van der Waals surface area (Å²) in [6.45, 7) is 9.88. The Morgan fingerprint density at radius 3 is 2.66 bits per heavy atom. The third kappa shape index (κ3) is 4.68. The first kappa shape index (κ1) is 28.6. The Morgan fingerprint density at radius 1 is 1.10 bits per heavy atom. The van der Waals surface area contributed by atoms with Crippen LogP contribution < -0.4 is 4.90 Å². The van der Waals surface area contributed by atoms with E-state index in [0.717, 1.165) is 61.5 Å². The molecule has 1 aromatic heterocycles. The number of benzene rings is 1. The molecule has 4 aliphatic rings. The highest BCUT2D eigenvalue weighted by Crippen LogP contribution is 2.67. The molecule has 0 spiro atoms. The molecule has 224 valence electrons. The molecule has 1 N–H and O–H groups in total. The van der Waals surface area contributed by atoms with Crippen LogP contribution in [0.1, 0.15) is 98.3 Å². The molecule has 8 heteroatoms. The molecule has 4 aliphatic carbocycles. The van der Waals surface area contributed by atoms with Gasteiger partial charge in [-0.05, 0) is 122 Å². The minimum atomic E-state index is -0.439. The van der Waals surface area contributed by atoms with E-state index >= 15 is 0 Å². The first-order chi connectivity index (χ1) is 19.5. The molecule has 0 bridgehead atoms. The smallest absolute Gasteiger partial charge is 0.300 e. The molecule has 0 saturated heterocycles. The summed E-state index contributed by atoms with van der Waals surface area (Å²) in [6, 6.07) is 3.53. The normalized spacial score (nSPS) is 36.1. The number of nitrogens with zero attached hydrogens (tertiary/aromatic N) is 4. The fraction of sp³-hybridized carbons (Fsp3) is 0.758. The number of nitro groups is 1. The number of rotatable bonds is 8. The molecule has 9 atom stereocenters. The summed E-state index contributed by atoms with van der Waals surface area (Å²) in [7, 11) is 2.03. The molecule has 0 radical (unpaired) electrons. The van der Waals surface area contributed by atoms with Crippen LogP contribution in [-0.2, 0) is 0 Å². The van der Waals surface area contributed by atoms with Crippen molar-refractivity contribution in [3.8, 4) is 0 Å². The van der Waals surface area contributed by atoms with Gasteiger partial charge in [0.2, 0.25) is 5.52 Å². The second-order valence-corrected chi connectivity index (χ2v) is 14.6. The first-order valence-corrected chi connectivity index (χ1v) is 16.0. The van der Waals surface area contributed by atoms with Crippen LogP contribution in [0.15, 0.2) is 28.4 Å². The fourth-order valence-corrected chi connectivity index (χ4v) is 10.3. The van der Waals surface area contributed by atoms with Crippen molar-refractivity contribution in [2.45, 2.75) is 110 Å². The molecule has 0 aliphatic heterocycles. The summed E-state index contributed by atoms with van der Waals surface area (Å²) >= 11 is 0. The first-order valence-electron chi connectivity index (χ1n) is 16.0. The number of aliphatic hydroxyl groups is 1. The van der Waals surface area contributed by atoms with Gasteiger partial charge in [0.1, 0.15) is 0 Å². The predicted molar refractivity (Wildman–Crippen MR) is 161 cm³/mol. The molecule has 3 saturated carbocycles. The van der Waals surface area contributed by atoms with E-state index in [0.29, 0.717) is 22.3 Å². The SMILES string of the molecule is CC(CCC[C@@H](C)[C@@H]1CC[C@H]2[C@@H]3CC=C4C[C@@H](O)CC[C@]4(C)[C@H]3CC[C@@]21C)N(C)c1ccc([N+](=O)[O-])c2nonc12. The van der Waals surface area contributed by atoms with E-state index in [1.807, 2.05) is 7.05 Å². The summed E-state index contributed by atoms with van der Waals surface area (Å²) in [4.78, 5) is 13.1. The molecule has 2 aromatic rings. The van der Waals surface area contributed by atoms with Crippen LogP contribution in [0.25, 0.3) is 11.0 Å². The number of nitro benzene ring substituents is 1. The number of aliphatic hydroxyl groups excluding tert-OH is 1. The van der Waals surface area contributed by atoms with E-state index in [9.17, 15) is 15.2 Å². The van der Waals surface area contributed by atoms with E-state index in [-0.39, 0.29) is 23.3 Å². The van der Waals surface area contributed by atoms with Crippen molar-refractivity contribution in [3.05, 3.63) is 33.9 Å². The molecular weight excluding hydrogens is 516 g/mol. The van der Waals surface area contributed by atoms with Gasteiger partial charge in [-0.3, -0.25) is 10.1 Å². The molecule has 8 nitrogen and oxygen atoms in total. The Morgan fingerprint density at radius 2 is 1.88 bits per heavy atom. The Hall–Kier alpha value is -2.48. The maximum atomic E-state index is 11.4. The molecule has 6 rings (SSSR count).